The second kappa shape index (κ2) is 7.00. The second-order valence-electron chi connectivity index (χ2n) is 4.91. The average molecular weight is 276 g/mol. The number of nitrogens with two attached hydrogens (primary N) is 1. The van der Waals surface area contributed by atoms with Gasteiger partial charge in [-0.3, -0.25) is 14.6 Å². The largest absolute Gasteiger partial charge is 0.355 e. The lowest BCUT2D eigenvalue weighted by atomic mass is 9.96. The van der Waals surface area contributed by atoms with Crippen molar-refractivity contribution >= 4 is 11.8 Å². The number of pyridine rings is 1. The lowest BCUT2D eigenvalue weighted by Crippen LogP contribution is -2.46. The van der Waals surface area contributed by atoms with Gasteiger partial charge in [0.25, 0.3) is 5.91 Å². The maximum absolute atomic E-state index is 12.3. The van der Waals surface area contributed by atoms with Crippen molar-refractivity contribution in [3.63, 3.8) is 0 Å². The van der Waals surface area contributed by atoms with E-state index in [1.807, 2.05) is 0 Å². The monoisotopic (exact) mass is 276 g/mol. The van der Waals surface area contributed by atoms with Crippen LogP contribution in [0.3, 0.4) is 0 Å². The molecule has 20 heavy (non-hydrogen) atoms. The molecule has 2 heterocycles. The summed E-state index contributed by atoms with van der Waals surface area (Å²) in [6, 6.07) is 3.39. The lowest BCUT2D eigenvalue weighted by molar-refractivity contribution is -0.126. The number of hydrogen-bond donors (Lipinski definition) is 2. The highest BCUT2D eigenvalue weighted by Crippen LogP contribution is 2.18. The van der Waals surface area contributed by atoms with Crippen LogP contribution in [0.15, 0.2) is 24.5 Å². The Hall–Kier alpha value is -1.95. The van der Waals surface area contributed by atoms with Crippen LogP contribution in [0.4, 0.5) is 0 Å². The molecule has 1 saturated heterocycles. The van der Waals surface area contributed by atoms with Crippen molar-refractivity contribution in [3.05, 3.63) is 30.1 Å². The van der Waals surface area contributed by atoms with Gasteiger partial charge in [0, 0.05) is 44.1 Å². The molecule has 1 aliphatic rings. The van der Waals surface area contributed by atoms with Crippen LogP contribution in [-0.4, -0.2) is 47.9 Å². The Morgan fingerprint density at radius 2 is 2.15 bits per heavy atom. The molecular formula is C14H20N4O2. The van der Waals surface area contributed by atoms with E-state index in [1.165, 1.54) is 0 Å². The fourth-order valence-corrected chi connectivity index (χ4v) is 2.39. The van der Waals surface area contributed by atoms with E-state index < -0.39 is 0 Å². The van der Waals surface area contributed by atoms with Gasteiger partial charge in [-0.05, 0) is 25.0 Å². The minimum absolute atomic E-state index is 0.0114. The summed E-state index contributed by atoms with van der Waals surface area (Å²) in [4.78, 5) is 29.9. The molecule has 0 bridgehead atoms. The fraction of sp³-hybridized carbons (Fsp3) is 0.500. The summed E-state index contributed by atoms with van der Waals surface area (Å²) in [5, 5.41) is 2.79. The number of hydrogen-bond acceptors (Lipinski definition) is 4. The molecule has 2 amide bonds. The maximum atomic E-state index is 12.3. The molecule has 0 spiro atoms. The standard InChI is InChI=1S/C14H20N4O2/c15-5-8-17-13(19)12-2-1-9-18(10-12)14(20)11-3-6-16-7-4-11/h3-4,6-7,12H,1-2,5,8-10,15H2,(H,17,19). The zero-order chi connectivity index (χ0) is 14.4. The smallest absolute Gasteiger partial charge is 0.253 e. The number of carbonyl (C=O) groups excluding carboxylic acids is 2. The predicted octanol–water partition coefficient (Wildman–Crippen LogP) is 0.00870. The first-order valence-electron chi connectivity index (χ1n) is 6.89. The van der Waals surface area contributed by atoms with E-state index in [4.69, 9.17) is 5.73 Å². The number of aromatic nitrogens is 1. The molecule has 1 unspecified atom stereocenters. The van der Waals surface area contributed by atoms with Gasteiger partial charge in [-0.25, -0.2) is 0 Å². The van der Waals surface area contributed by atoms with Crippen LogP contribution in [-0.2, 0) is 4.79 Å². The molecule has 2 rings (SSSR count). The Balaban J connectivity index is 1.96. The van der Waals surface area contributed by atoms with E-state index in [-0.39, 0.29) is 17.7 Å². The van der Waals surface area contributed by atoms with Crippen LogP contribution in [0.25, 0.3) is 0 Å². The minimum atomic E-state index is -0.138. The molecule has 0 radical (unpaired) electrons. The summed E-state index contributed by atoms with van der Waals surface area (Å²) in [6.07, 6.45) is 4.86. The molecular weight excluding hydrogens is 256 g/mol. The zero-order valence-electron chi connectivity index (χ0n) is 11.4. The van der Waals surface area contributed by atoms with Gasteiger partial charge >= 0.3 is 0 Å². The first-order valence-corrected chi connectivity index (χ1v) is 6.89. The van der Waals surface area contributed by atoms with Crippen LogP contribution in [0.5, 0.6) is 0 Å². The number of amides is 2. The van der Waals surface area contributed by atoms with Crippen molar-refractivity contribution in [1.29, 1.82) is 0 Å². The number of nitrogens with zero attached hydrogens (tertiary/aromatic N) is 2. The number of piperidine rings is 1. The quantitative estimate of drug-likeness (QED) is 0.810. The van der Waals surface area contributed by atoms with Gasteiger partial charge < -0.3 is 16.0 Å². The van der Waals surface area contributed by atoms with Crippen LogP contribution < -0.4 is 11.1 Å². The topological polar surface area (TPSA) is 88.3 Å². The number of rotatable bonds is 4. The summed E-state index contributed by atoms with van der Waals surface area (Å²) in [5.41, 5.74) is 5.99. The SMILES string of the molecule is NCCNC(=O)C1CCCN(C(=O)c2ccncc2)C1. The van der Waals surface area contributed by atoms with Gasteiger partial charge in [-0.2, -0.15) is 0 Å². The molecule has 6 heteroatoms. The molecule has 1 fully saturated rings. The van der Waals surface area contributed by atoms with Gasteiger partial charge in [-0.1, -0.05) is 0 Å². The van der Waals surface area contributed by atoms with E-state index in [9.17, 15) is 9.59 Å². The highest BCUT2D eigenvalue weighted by Gasteiger charge is 2.28. The molecule has 0 saturated carbocycles. The van der Waals surface area contributed by atoms with Gasteiger partial charge in [0.2, 0.25) is 5.91 Å². The molecule has 108 valence electrons. The number of nitrogens with one attached hydrogen (secondary N) is 1. The first kappa shape index (κ1) is 14.5. The Bertz CT molecular complexity index is 464. The van der Waals surface area contributed by atoms with E-state index in [0.29, 0.717) is 31.7 Å². The average Bonchev–Trinajstić information content (AvgIpc) is 2.52. The van der Waals surface area contributed by atoms with Gasteiger partial charge in [-0.15, -0.1) is 0 Å². The predicted molar refractivity (Wildman–Crippen MR) is 74.9 cm³/mol. The summed E-state index contributed by atoms with van der Waals surface area (Å²) < 4.78 is 0. The highest BCUT2D eigenvalue weighted by atomic mass is 16.2. The Labute approximate surface area is 118 Å². The molecule has 1 atom stereocenters. The third kappa shape index (κ3) is 3.54. The van der Waals surface area contributed by atoms with Crippen LogP contribution >= 0.6 is 0 Å². The van der Waals surface area contributed by atoms with E-state index >= 15 is 0 Å². The molecule has 1 aromatic heterocycles. The molecule has 0 aliphatic carbocycles. The second-order valence-corrected chi connectivity index (χ2v) is 4.91. The summed E-state index contributed by atoms with van der Waals surface area (Å²) in [6.45, 7) is 2.07. The van der Waals surface area contributed by atoms with E-state index in [2.05, 4.69) is 10.3 Å². The van der Waals surface area contributed by atoms with Crippen molar-refractivity contribution in [2.75, 3.05) is 26.2 Å². The minimum Gasteiger partial charge on any atom is -0.355 e. The van der Waals surface area contributed by atoms with Gasteiger partial charge in [0.05, 0.1) is 5.92 Å². The first-order chi connectivity index (χ1) is 9.72. The molecule has 1 aromatic rings. The van der Waals surface area contributed by atoms with Crippen molar-refractivity contribution in [3.8, 4) is 0 Å². The number of carbonyl (C=O) groups is 2. The van der Waals surface area contributed by atoms with Crippen LogP contribution in [0.2, 0.25) is 0 Å². The van der Waals surface area contributed by atoms with E-state index in [0.717, 1.165) is 12.8 Å². The summed E-state index contributed by atoms with van der Waals surface area (Å²) in [5.74, 6) is -0.188. The van der Waals surface area contributed by atoms with Crippen LogP contribution in [0.1, 0.15) is 23.2 Å². The Morgan fingerprint density at radius 3 is 2.85 bits per heavy atom. The fourth-order valence-electron chi connectivity index (χ4n) is 2.39. The molecule has 3 N–H and O–H groups in total. The number of likely N-dealkylation sites (tertiary alicyclic amines) is 1. The highest BCUT2D eigenvalue weighted by molar-refractivity contribution is 5.94. The Morgan fingerprint density at radius 1 is 1.40 bits per heavy atom. The normalized spacial score (nSPS) is 18.6. The van der Waals surface area contributed by atoms with Crippen LogP contribution in [0, 0.1) is 5.92 Å². The maximum Gasteiger partial charge on any atom is 0.253 e. The molecule has 1 aliphatic heterocycles. The van der Waals surface area contributed by atoms with Crippen molar-refractivity contribution in [2.45, 2.75) is 12.8 Å². The summed E-state index contributed by atoms with van der Waals surface area (Å²) >= 11 is 0. The van der Waals surface area contributed by atoms with E-state index in [1.54, 1.807) is 29.4 Å². The third-order valence-electron chi connectivity index (χ3n) is 3.45. The lowest BCUT2D eigenvalue weighted by Gasteiger charge is -2.32. The van der Waals surface area contributed by atoms with Gasteiger partial charge in [0.15, 0.2) is 0 Å². The van der Waals surface area contributed by atoms with Gasteiger partial charge in [0.1, 0.15) is 0 Å². The van der Waals surface area contributed by atoms with Crippen molar-refractivity contribution < 1.29 is 9.59 Å². The van der Waals surface area contributed by atoms with Crippen molar-refractivity contribution in [1.82, 2.24) is 15.2 Å². The third-order valence-corrected chi connectivity index (χ3v) is 3.45. The van der Waals surface area contributed by atoms with Crippen molar-refractivity contribution in [2.24, 2.45) is 11.7 Å². The Kier molecular flexibility index (Phi) is 5.06. The molecule has 6 nitrogen and oxygen atoms in total. The summed E-state index contributed by atoms with van der Waals surface area (Å²) in [7, 11) is 0. The molecule has 0 aromatic carbocycles. The zero-order valence-corrected chi connectivity index (χ0v) is 11.4.